The molecule has 0 saturated carbocycles. The monoisotopic (exact) mass is 1400 g/mol. The van der Waals surface area contributed by atoms with E-state index in [4.69, 9.17) is 29.5 Å². The molecule has 0 spiro atoms. The predicted octanol–water partition coefficient (Wildman–Crippen LogP) is 26.1. The van der Waals surface area contributed by atoms with Gasteiger partial charge >= 0.3 is 5.97 Å². The van der Waals surface area contributed by atoms with Gasteiger partial charge in [-0.3, -0.25) is 9.59 Å². The number of carbonyl (C=O) groups is 2. The van der Waals surface area contributed by atoms with Crippen LogP contribution in [0.4, 0.5) is 0 Å². The second-order valence-corrected chi connectivity index (χ2v) is 37.3. The quantitative estimate of drug-likeness (QED) is 0.0516. The van der Waals surface area contributed by atoms with E-state index in [9.17, 15) is 9.59 Å². The number of benzene rings is 6. The van der Waals surface area contributed by atoms with Gasteiger partial charge in [0, 0.05) is 31.7 Å². The lowest BCUT2D eigenvalue weighted by Gasteiger charge is -2.26. The Morgan fingerprint density at radius 3 is 1.36 bits per heavy atom. The molecule has 566 valence electrons. The number of hydrogen-bond donors (Lipinski definition) is 0. The fourth-order valence-electron chi connectivity index (χ4n) is 10.4. The summed E-state index contributed by atoms with van der Waals surface area (Å²) in [5, 5.41) is 17.8. The summed E-state index contributed by atoms with van der Waals surface area (Å²) >= 11 is 0. The number of esters is 1. The molecule has 0 unspecified atom stereocenters. The number of ketones is 1. The lowest BCUT2D eigenvalue weighted by molar-refractivity contribution is -0.148. The first-order valence-corrected chi connectivity index (χ1v) is 37.6. The molecule has 6 aromatic rings. The summed E-state index contributed by atoms with van der Waals surface area (Å²) in [7, 11) is 1.72. The van der Waals surface area contributed by atoms with Gasteiger partial charge in [-0.1, -0.05) is 301 Å². The van der Waals surface area contributed by atoms with Gasteiger partial charge in [0.05, 0.1) is 50.0 Å². The molecule has 8 heteroatoms. The van der Waals surface area contributed by atoms with E-state index in [2.05, 4.69) is 242 Å². The maximum Gasteiger partial charge on any atom is 0.306 e. The van der Waals surface area contributed by atoms with Gasteiger partial charge < -0.3 is 18.9 Å². The Balaban J connectivity index is 0.00000118. The maximum absolute atomic E-state index is 12.0. The third-order valence-corrected chi connectivity index (χ3v) is 15.8. The zero-order valence-corrected chi connectivity index (χ0v) is 70.1. The van der Waals surface area contributed by atoms with Gasteiger partial charge in [-0.25, -0.2) is 0 Å². The van der Waals surface area contributed by atoms with Crippen LogP contribution < -0.4 is 4.74 Å². The Hall–Kier alpha value is -6.84. The van der Waals surface area contributed by atoms with E-state index in [1.54, 1.807) is 27.9 Å². The standard InChI is InChI=1S/C18H19N.C15H24.2C14H22O.C13H24O3.C12H15N.C8H18O/c1-18(2,3)12-14-8-10-15(11-9-14)17-7-5-4-6-16(17)13-19;1-14(2,3)11-12-7-9-13(10-8-12)15(4,5)6;1-14(2,3)10-6-8-12-7-5-9-13(11-12)15-4;1-14(2,3)10-7-11-15-12-13-8-5-4-6-9-13;1-7-16-11(15)9-13(5,6)10(14)8-12(2,3)4;1-12(2,3)8-10-5-4-6-11(7-10)9-13;1-5-9-7-6-8(2,3)4/h4-11H,12H2,1-3H3;7-10H,11H2,1-6H3;5,7,9,11H,6,8,10H2,1-4H3;4-6,8-9H,7,10-12H2,1-3H3;7-9H2,1-6H3;4-7H,8H2,1-3H3;5-7H2,1-4H3. The Morgan fingerprint density at radius 1 is 0.412 bits per heavy atom. The molecular formula is C94H144N2O6. The van der Waals surface area contributed by atoms with E-state index >= 15 is 0 Å². The van der Waals surface area contributed by atoms with E-state index < -0.39 is 5.41 Å². The van der Waals surface area contributed by atoms with Crippen LogP contribution in [0, 0.1) is 66.0 Å². The van der Waals surface area contributed by atoms with Crippen LogP contribution in [0.15, 0.2) is 152 Å². The first-order valence-electron chi connectivity index (χ1n) is 37.6. The summed E-state index contributed by atoms with van der Waals surface area (Å²) in [5.74, 6) is 0.783. The molecule has 0 aromatic heterocycles. The molecule has 0 aliphatic carbocycles. The molecular weight excluding hydrogens is 1250 g/mol. The van der Waals surface area contributed by atoms with Crippen molar-refractivity contribution in [3.05, 3.63) is 196 Å². The summed E-state index contributed by atoms with van der Waals surface area (Å²) in [6.45, 7) is 64.5. The molecule has 0 fully saturated rings. The van der Waals surface area contributed by atoms with Crippen molar-refractivity contribution in [3.63, 3.8) is 0 Å². The summed E-state index contributed by atoms with van der Waals surface area (Å²) in [6, 6.07) is 56.2. The SMILES string of the molecule is CC(C)(C)CCCOCc1ccccc1.CC(C)(C)Cc1ccc(-c2ccccc2C#N)cc1.CC(C)(C)Cc1ccc(C(C)(C)C)cc1.CC(C)(C)Cc1cccc(C#N)c1.CCOC(=O)CC(C)(C)C(=O)CC(C)(C)C.CCOCCC(C)(C)C.COc1cccc(CCCC(C)(C)C)c1. The van der Waals surface area contributed by atoms with Gasteiger partial charge in [0.15, 0.2) is 0 Å². The fraction of sp³-hybridized carbons (Fsp3) is 0.574. The summed E-state index contributed by atoms with van der Waals surface area (Å²) in [4.78, 5) is 23.4. The van der Waals surface area contributed by atoms with Crippen LogP contribution in [0.25, 0.3) is 11.1 Å². The van der Waals surface area contributed by atoms with Crippen LogP contribution in [0.2, 0.25) is 0 Å². The lowest BCUT2D eigenvalue weighted by atomic mass is 9.77. The van der Waals surface area contributed by atoms with E-state index in [1.807, 2.05) is 94.4 Å². The highest BCUT2D eigenvalue weighted by Gasteiger charge is 2.33. The van der Waals surface area contributed by atoms with Crippen molar-refractivity contribution in [3.8, 4) is 29.0 Å². The normalized spacial score (nSPS) is 11.8. The molecule has 0 aliphatic heterocycles. The van der Waals surface area contributed by atoms with Gasteiger partial charge in [0.2, 0.25) is 0 Å². The Kier molecular flexibility index (Phi) is 43.0. The third kappa shape index (κ3) is 51.3. The van der Waals surface area contributed by atoms with Crippen molar-refractivity contribution in [1.29, 1.82) is 10.5 Å². The van der Waals surface area contributed by atoms with Crippen molar-refractivity contribution in [2.75, 3.05) is 33.5 Å². The Labute approximate surface area is 625 Å². The van der Waals surface area contributed by atoms with Crippen LogP contribution in [-0.4, -0.2) is 45.3 Å². The zero-order valence-electron chi connectivity index (χ0n) is 70.1. The number of hydrogen-bond acceptors (Lipinski definition) is 8. The Morgan fingerprint density at radius 2 is 0.892 bits per heavy atom. The van der Waals surface area contributed by atoms with Crippen molar-refractivity contribution in [2.45, 2.75) is 277 Å². The first kappa shape index (κ1) is 95.2. The first-order chi connectivity index (χ1) is 46.9. The summed E-state index contributed by atoms with van der Waals surface area (Å²) in [5.41, 5.74) is 13.5. The van der Waals surface area contributed by atoms with Crippen molar-refractivity contribution < 1.29 is 28.5 Å². The molecule has 0 N–H and O–H groups in total. The Bertz CT molecular complexity index is 3320. The van der Waals surface area contributed by atoms with Gasteiger partial charge in [-0.15, -0.1) is 0 Å². The molecule has 0 atom stereocenters. The molecule has 0 aliphatic rings. The molecule has 102 heavy (non-hydrogen) atoms. The molecule has 0 heterocycles. The number of rotatable bonds is 21. The highest BCUT2D eigenvalue weighted by Crippen LogP contribution is 2.32. The largest absolute Gasteiger partial charge is 0.497 e. The molecule has 6 aromatic carbocycles. The van der Waals surface area contributed by atoms with Gasteiger partial charge in [-0.2, -0.15) is 10.5 Å². The minimum atomic E-state index is -0.625. The zero-order chi connectivity index (χ0) is 78.2. The highest BCUT2D eigenvalue weighted by atomic mass is 16.5. The molecule has 0 amide bonds. The summed E-state index contributed by atoms with van der Waals surface area (Å²) in [6.07, 6.45) is 11.1. The number of Topliss-reactive ketones (excluding diaryl/α,β-unsaturated/α-hetero) is 1. The molecule has 6 rings (SSSR count). The van der Waals surface area contributed by atoms with E-state index in [-0.39, 0.29) is 34.4 Å². The molecule has 8 nitrogen and oxygen atoms in total. The number of aryl methyl sites for hydroxylation is 1. The minimum Gasteiger partial charge on any atom is -0.497 e. The van der Waals surface area contributed by atoms with E-state index in [0.29, 0.717) is 40.1 Å². The van der Waals surface area contributed by atoms with Crippen LogP contribution >= 0.6 is 0 Å². The highest BCUT2D eigenvalue weighted by molar-refractivity contribution is 5.88. The number of methoxy groups -OCH3 is 1. The maximum atomic E-state index is 12.0. The predicted molar refractivity (Wildman–Crippen MR) is 437 cm³/mol. The lowest BCUT2D eigenvalue weighted by Crippen LogP contribution is -2.31. The van der Waals surface area contributed by atoms with Crippen LogP contribution in [0.5, 0.6) is 5.75 Å². The van der Waals surface area contributed by atoms with Crippen LogP contribution in [-0.2, 0) is 61.5 Å². The van der Waals surface area contributed by atoms with Crippen LogP contribution in [0.3, 0.4) is 0 Å². The molecule has 0 bridgehead atoms. The average Bonchev–Trinajstić information content (AvgIpc) is 0.849. The minimum absolute atomic E-state index is 0.0387. The second kappa shape index (κ2) is 46.1. The number of carbonyl (C=O) groups excluding carboxylic acids is 2. The van der Waals surface area contributed by atoms with Gasteiger partial charge in [0.1, 0.15) is 11.5 Å². The molecule has 0 radical (unpaired) electrons. The number of nitrogens with zero attached hydrogens (tertiary/aromatic N) is 2. The van der Waals surface area contributed by atoms with Crippen molar-refractivity contribution >= 4 is 11.8 Å². The smallest absolute Gasteiger partial charge is 0.306 e. The topological polar surface area (TPSA) is 119 Å². The third-order valence-electron chi connectivity index (χ3n) is 15.8. The summed E-state index contributed by atoms with van der Waals surface area (Å²) < 4.78 is 20.9. The van der Waals surface area contributed by atoms with Crippen LogP contribution in [0.1, 0.15) is 283 Å². The van der Waals surface area contributed by atoms with E-state index in [0.717, 1.165) is 93.0 Å². The van der Waals surface area contributed by atoms with Crippen molar-refractivity contribution in [1.82, 2.24) is 0 Å². The fourth-order valence-corrected chi connectivity index (χ4v) is 10.4. The number of ether oxygens (including phenoxy) is 4. The van der Waals surface area contributed by atoms with E-state index in [1.165, 1.54) is 52.6 Å². The average molecular weight is 1400 g/mol. The van der Waals surface area contributed by atoms with Gasteiger partial charge in [0.25, 0.3) is 0 Å². The molecule has 0 saturated heterocycles. The van der Waals surface area contributed by atoms with Crippen molar-refractivity contribution in [2.24, 2.45) is 43.3 Å². The number of nitriles is 2. The van der Waals surface area contributed by atoms with Gasteiger partial charge in [-0.05, 0) is 190 Å². The second-order valence-electron chi connectivity index (χ2n) is 37.3.